The van der Waals surface area contributed by atoms with Crippen LogP contribution in [-0.2, 0) is 4.74 Å². The van der Waals surface area contributed by atoms with Crippen LogP contribution in [0.25, 0.3) is 6.08 Å². The number of benzene rings is 2. The number of ketones is 1. The number of rotatable bonds is 2. The first kappa shape index (κ1) is 16.4. The summed E-state index contributed by atoms with van der Waals surface area (Å²) in [6.45, 7) is 3.32. The number of Topliss-reactive ketones (excluding diaryl/α,β-unsaturated/α-hetero) is 1. The van der Waals surface area contributed by atoms with E-state index >= 15 is 0 Å². The maximum absolute atomic E-state index is 13.8. The van der Waals surface area contributed by atoms with Crippen LogP contribution >= 0.6 is 11.8 Å². The van der Waals surface area contributed by atoms with Crippen LogP contribution < -0.4 is 4.90 Å². The van der Waals surface area contributed by atoms with Crippen LogP contribution in [0.2, 0.25) is 0 Å². The molecule has 0 atom stereocenters. The Hall–Kier alpha value is -2.11. The minimum atomic E-state index is -0.315. The van der Waals surface area contributed by atoms with Crippen molar-refractivity contribution in [3.05, 3.63) is 65.0 Å². The van der Waals surface area contributed by atoms with Gasteiger partial charge in [0, 0.05) is 35.7 Å². The van der Waals surface area contributed by atoms with Crippen molar-refractivity contribution < 1.29 is 13.9 Å². The Labute approximate surface area is 150 Å². The normalized spacial score (nSPS) is 19.2. The molecule has 0 amide bonds. The van der Waals surface area contributed by atoms with E-state index in [1.165, 1.54) is 23.5 Å². The third kappa shape index (κ3) is 3.34. The van der Waals surface area contributed by atoms with Crippen LogP contribution in [-0.4, -0.2) is 37.8 Å². The van der Waals surface area contributed by atoms with Crippen molar-refractivity contribution in [3.8, 4) is 0 Å². The minimum absolute atomic E-state index is 0.0782. The molecule has 0 bridgehead atoms. The Balaban J connectivity index is 1.56. The first-order valence-corrected chi connectivity index (χ1v) is 9.30. The van der Waals surface area contributed by atoms with Crippen molar-refractivity contribution in [2.45, 2.75) is 4.90 Å². The van der Waals surface area contributed by atoms with Gasteiger partial charge in [-0.25, -0.2) is 4.39 Å². The maximum atomic E-state index is 13.8. The average Bonchev–Trinajstić information content (AvgIpc) is 2.66. The van der Waals surface area contributed by atoms with Gasteiger partial charge < -0.3 is 9.64 Å². The van der Waals surface area contributed by atoms with Crippen LogP contribution in [0.5, 0.6) is 0 Å². The van der Waals surface area contributed by atoms with E-state index in [1.54, 1.807) is 12.1 Å². The third-order valence-electron chi connectivity index (χ3n) is 4.49. The number of carbonyl (C=O) groups excluding carboxylic acids is 1. The molecule has 1 fully saturated rings. The monoisotopic (exact) mass is 355 g/mol. The quantitative estimate of drug-likeness (QED) is 0.761. The van der Waals surface area contributed by atoms with Crippen LogP contribution in [0, 0.1) is 5.82 Å². The Bertz CT molecular complexity index is 826. The fourth-order valence-corrected chi connectivity index (χ4v) is 4.17. The molecule has 0 radical (unpaired) electrons. The second kappa shape index (κ2) is 7.02. The van der Waals surface area contributed by atoms with Crippen LogP contribution in [0.4, 0.5) is 10.1 Å². The van der Waals surface area contributed by atoms with Crippen LogP contribution in [0.3, 0.4) is 0 Å². The molecule has 25 heavy (non-hydrogen) atoms. The zero-order valence-corrected chi connectivity index (χ0v) is 14.5. The fourth-order valence-electron chi connectivity index (χ4n) is 3.13. The highest BCUT2D eigenvalue weighted by atomic mass is 32.2. The lowest BCUT2D eigenvalue weighted by molar-refractivity contribution is 0.103. The predicted octanol–water partition coefficient (Wildman–Crippen LogP) is 4.03. The summed E-state index contributed by atoms with van der Waals surface area (Å²) < 4.78 is 19.2. The molecule has 3 nitrogen and oxygen atoms in total. The van der Waals surface area contributed by atoms with Gasteiger partial charge in [-0.15, -0.1) is 11.8 Å². The maximum Gasteiger partial charge on any atom is 0.191 e. The van der Waals surface area contributed by atoms with Gasteiger partial charge in [-0.3, -0.25) is 4.79 Å². The van der Waals surface area contributed by atoms with Gasteiger partial charge in [-0.05, 0) is 35.9 Å². The number of hydrogen-bond donors (Lipinski definition) is 0. The summed E-state index contributed by atoms with van der Waals surface area (Å²) in [5.41, 5.74) is 3.33. The summed E-state index contributed by atoms with van der Waals surface area (Å²) in [7, 11) is 0. The van der Waals surface area contributed by atoms with E-state index in [1.807, 2.05) is 18.2 Å². The molecule has 2 heterocycles. The summed E-state index contributed by atoms with van der Waals surface area (Å²) in [5.74, 6) is 0.105. The Kier molecular flexibility index (Phi) is 4.59. The molecule has 1 saturated heterocycles. The number of fused-ring (bicyclic) bond motifs is 1. The molecular weight excluding hydrogens is 337 g/mol. The van der Waals surface area contributed by atoms with Gasteiger partial charge in [-0.2, -0.15) is 0 Å². The number of halogens is 1. The highest BCUT2D eigenvalue weighted by Crippen LogP contribution is 2.35. The lowest BCUT2D eigenvalue weighted by Crippen LogP contribution is -2.36. The molecule has 0 saturated carbocycles. The van der Waals surface area contributed by atoms with E-state index in [0.717, 1.165) is 31.9 Å². The molecule has 0 aromatic heterocycles. The smallest absolute Gasteiger partial charge is 0.191 e. The number of thioether (sulfide) groups is 1. The van der Waals surface area contributed by atoms with Crippen molar-refractivity contribution in [3.63, 3.8) is 0 Å². The van der Waals surface area contributed by atoms with Crippen molar-refractivity contribution >= 4 is 29.3 Å². The summed E-state index contributed by atoms with van der Waals surface area (Å²) in [6.07, 6.45) is 1.91. The Morgan fingerprint density at radius 3 is 2.60 bits per heavy atom. The second-order valence-corrected chi connectivity index (χ2v) is 7.08. The van der Waals surface area contributed by atoms with Gasteiger partial charge in [0.25, 0.3) is 0 Å². The number of hydrogen-bond acceptors (Lipinski definition) is 4. The summed E-state index contributed by atoms with van der Waals surface area (Å²) in [5, 5.41) is 0. The van der Waals surface area contributed by atoms with Crippen molar-refractivity contribution in [2.24, 2.45) is 0 Å². The standard InChI is InChI=1S/C20H18FNO2S/c21-18-3-1-2-17-19(23)15(13-25-20(17)18)12-14-4-6-16(7-5-14)22-8-10-24-11-9-22/h1-7,12H,8-11,13H2. The zero-order valence-electron chi connectivity index (χ0n) is 13.7. The second-order valence-electron chi connectivity index (χ2n) is 6.09. The molecule has 2 aromatic rings. The van der Waals surface area contributed by atoms with E-state index in [4.69, 9.17) is 4.74 Å². The molecule has 128 valence electrons. The molecule has 5 heteroatoms. The van der Waals surface area contributed by atoms with E-state index < -0.39 is 0 Å². The topological polar surface area (TPSA) is 29.5 Å². The molecular formula is C20H18FNO2S. The van der Waals surface area contributed by atoms with E-state index in [2.05, 4.69) is 17.0 Å². The van der Waals surface area contributed by atoms with Gasteiger partial charge in [-0.1, -0.05) is 18.2 Å². The molecule has 0 aliphatic carbocycles. The first-order valence-electron chi connectivity index (χ1n) is 8.32. The lowest BCUT2D eigenvalue weighted by atomic mass is 10.0. The van der Waals surface area contributed by atoms with E-state index in [0.29, 0.717) is 21.8 Å². The predicted molar refractivity (Wildman–Crippen MR) is 98.9 cm³/mol. The highest BCUT2D eigenvalue weighted by Gasteiger charge is 2.24. The number of carbonyl (C=O) groups is 1. The SMILES string of the molecule is O=C1C(=Cc2ccc(N3CCOCC3)cc2)CSc2c(F)cccc21. The summed E-state index contributed by atoms with van der Waals surface area (Å²) >= 11 is 1.39. The molecule has 2 aromatic carbocycles. The van der Waals surface area contributed by atoms with Crippen LogP contribution in [0.1, 0.15) is 15.9 Å². The van der Waals surface area contributed by atoms with Gasteiger partial charge >= 0.3 is 0 Å². The average molecular weight is 355 g/mol. The van der Waals surface area contributed by atoms with Crippen molar-refractivity contribution in [2.75, 3.05) is 37.0 Å². The molecule has 2 aliphatic heterocycles. The Morgan fingerprint density at radius 1 is 1.08 bits per heavy atom. The molecule has 0 unspecified atom stereocenters. The zero-order chi connectivity index (χ0) is 17.2. The first-order chi connectivity index (χ1) is 12.2. The molecule has 0 N–H and O–H groups in total. The van der Waals surface area contributed by atoms with Gasteiger partial charge in [0.2, 0.25) is 0 Å². The highest BCUT2D eigenvalue weighted by molar-refractivity contribution is 7.99. The van der Waals surface area contributed by atoms with Crippen molar-refractivity contribution in [1.82, 2.24) is 0 Å². The van der Waals surface area contributed by atoms with Gasteiger partial charge in [0.15, 0.2) is 5.78 Å². The fraction of sp³-hybridized carbons (Fsp3) is 0.250. The lowest BCUT2D eigenvalue weighted by Gasteiger charge is -2.28. The number of ether oxygens (including phenoxy) is 1. The van der Waals surface area contributed by atoms with Crippen molar-refractivity contribution in [1.29, 1.82) is 0 Å². The number of anilines is 1. The number of morpholine rings is 1. The third-order valence-corrected chi connectivity index (χ3v) is 5.64. The summed E-state index contributed by atoms with van der Waals surface area (Å²) in [6, 6.07) is 12.9. The van der Waals surface area contributed by atoms with Crippen LogP contribution in [0.15, 0.2) is 52.9 Å². The largest absolute Gasteiger partial charge is 0.378 e. The molecule has 0 spiro atoms. The van der Waals surface area contributed by atoms with E-state index in [-0.39, 0.29) is 11.6 Å². The number of nitrogens with zero attached hydrogens (tertiary/aromatic N) is 1. The van der Waals surface area contributed by atoms with Gasteiger partial charge in [0.1, 0.15) is 5.82 Å². The Morgan fingerprint density at radius 2 is 1.84 bits per heavy atom. The minimum Gasteiger partial charge on any atom is -0.378 e. The molecule has 4 rings (SSSR count). The van der Waals surface area contributed by atoms with Gasteiger partial charge in [0.05, 0.1) is 18.1 Å². The van der Waals surface area contributed by atoms with E-state index in [9.17, 15) is 9.18 Å². The summed E-state index contributed by atoms with van der Waals surface area (Å²) in [4.78, 5) is 15.4. The molecule has 2 aliphatic rings.